The highest BCUT2D eigenvalue weighted by molar-refractivity contribution is 8.00. The molecular weight excluding hydrogens is 258 g/mol. The first-order valence-electron chi connectivity index (χ1n) is 6.81. The molecule has 4 heteroatoms. The Labute approximate surface area is 119 Å². The number of hydrogen-bond donors (Lipinski definition) is 1. The topological polar surface area (TPSA) is 38.3 Å². The number of carbonyl (C=O) groups excluding carboxylic acids is 1. The lowest BCUT2D eigenvalue weighted by molar-refractivity contribution is -0.122. The minimum Gasteiger partial charge on any atom is -0.381 e. The number of amides is 1. The molecule has 3 nitrogen and oxygen atoms in total. The van der Waals surface area contributed by atoms with E-state index in [1.165, 1.54) is 0 Å². The number of rotatable bonds is 4. The van der Waals surface area contributed by atoms with Crippen LogP contribution in [0.2, 0.25) is 0 Å². The number of benzene rings is 1. The molecule has 1 fully saturated rings. The maximum absolute atomic E-state index is 12.2. The van der Waals surface area contributed by atoms with Gasteiger partial charge < -0.3 is 10.1 Å². The lowest BCUT2D eigenvalue weighted by Crippen LogP contribution is -2.28. The van der Waals surface area contributed by atoms with Crippen molar-refractivity contribution in [2.75, 3.05) is 18.5 Å². The minimum atomic E-state index is 0.0888. The van der Waals surface area contributed by atoms with Gasteiger partial charge in [-0.05, 0) is 25.0 Å². The van der Waals surface area contributed by atoms with Crippen LogP contribution >= 0.6 is 11.8 Å². The van der Waals surface area contributed by atoms with Crippen molar-refractivity contribution in [2.45, 2.75) is 36.8 Å². The van der Waals surface area contributed by atoms with E-state index >= 15 is 0 Å². The number of thioether (sulfide) groups is 1. The number of carbonyl (C=O) groups is 1. The van der Waals surface area contributed by atoms with Crippen LogP contribution in [-0.2, 0) is 9.53 Å². The van der Waals surface area contributed by atoms with Gasteiger partial charge >= 0.3 is 0 Å². The van der Waals surface area contributed by atoms with E-state index in [0.29, 0.717) is 18.5 Å². The smallest absolute Gasteiger partial charge is 0.227 e. The van der Waals surface area contributed by atoms with Crippen molar-refractivity contribution in [3.63, 3.8) is 0 Å². The van der Waals surface area contributed by atoms with E-state index in [0.717, 1.165) is 23.4 Å². The third-order valence-corrected chi connectivity index (χ3v) is 4.18. The van der Waals surface area contributed by atoms with E-state index in [-0.39, 0.29) is 11.8 Å². The molecule has 0 aromatic heterocycles. The molecular formula is C15H21NO2S. The Bertz CT molecular complexity index is 428. The van der Waals surface area contributed by atoms with Gasteiger partial charge in [-0.25, -0.2) is 0 Å². The summed E-state index contributed by atoms with van der Waals surface area (Å²) in [6, 6.07) is 8.00. The van der Waals surface area contributed by atoms with Crippen LogP contribution in [-0.4, -0.2) is 24.4 Å². The second-order valence-corrected chi connectivity index (χ2v) is 6.66. The molecule has 0 radical (unpaired) electrons. The molecule has 2 rings (SSSR count). The maximum Gasteiger partial charge on any atom is 0.227 e. The Balaban J connectivity index is 2.03. The summed E-state index contributed by atoms with van der Waals surface area (Å²) >= 11 is 1.77. The lowest BCUT2D eigenvalue weighted by atomic mass is 9.99. The fourth-order valence-corrected chi connectivity index (χ4v) is 3.03. The molecule has 1 saturated heterocycles. The number of hydrogen-bond acceptors (Lipinski definition) is 3. The zero-order valence-corrected chi connectivity index (χ0v) is 12.3. The Morgan fingerprint density at radius 1 is 1.32 bits per heavy atom. The van der Waals surface area contributed by atoms with Crippen LogP contribution in [0.5, 0.6) is 0 Å². The molecule has 1 aliphatic rings. The van der Waals surface area contributed by atoms with Gasteiger partial charge in [0.2, 0.25) is 5.91 Å². The predicted molar refractivity (Wildman–Crippen MR) is 79.6 cm³/mol. The molecule has 1 amide bonds. The molecule has 104 valence electrons. The number of para-hydroxylation sites is 1. The molecule has 1 aliphatic heterocycles. The molecule has 0 bridgehead atoms. The quantitative estimate of drug-likeness (QED) is 0.857. The predicted octanol–water partition coefficient (Wildman–Crippen LogP) is 3.55. The van der Waals surface area contributed by atoms with Crippen molar-refractivity contribution in [1.29, 1.82) is 0 Å². The second kappa shape index (κ2) is 6.96. The molecule has 0 aliphatic carbocycles. The van der Waals surface area contributed by atoms with Gasteiger partial charge in [0.15, 0.2) is 0 Å². The highest BCUT2D eigenvalue weighted by Crippen LogP contribution is 2.30. The maximum atomic E-state index is 12.2. The molecule has 0 spiro atoms. The van der Waals surface area contributed by atoms with Crippen molar-refractivity contribution < 1.29 is 9.53 Å². The first-order valence-corrected chi connectivity index (χ1v) is 7.69. The molecule has 1 aromatic rings. The van der Waals surface area contributed by atoms with Crippen molar-refractivity contribution in [2.24, 2.45) is 5.92 Å². The summed E-state index contributed by atoms with van der Waals surface area (Å²) in [7, 11) is 0. The highest BCUT2D eigenvalue weighted by Gasteiger charge is 2.22. The van der Waals surface area contributed by atoms with Gasteiger partial charge in [0.05, 0.1) is 5.69 Å². The third-order valence-electron chi connectivity index (χ3n) is 3.10. The normalized spacial score (nSPS) is 16.6. The SMILES string of the molecule is CC(C)Sc1ccccc1NC(=O)C1CCOCC1. The van der Waals surface area contributed by atoms with E-state index in [2.05, 4.69) is 25.2 Å². The third kappa shape index (κ3) is 4.25. The van der Waals surface area contributed by atoms with Crippen LogP contribution in [0.3, 0.4) is 0 Å². The van der Waals surface area contributed by atoms with Crippen molar-refractivity contribution >= 4 is 23.4 Å². The molecule has 19 heavy (non-hydrogen) atoms. The van der Waals surface area contributed by atoms with E-state index in [1.54, 1.807) is 11.8 Å². The Kier molecular flexibility index (Phi) is 5.28. The van der Waals surface area contributed by atoms with Crippen LogP contribution in [0.4, 0.5) is 5.69 Å². The molecule has 1 aromatic carbocycles. The summed E-state index contributed by atoms with van der Waals surface area (Å²) in [6.07, 6.45) is 1.65. The zero-order valence-electron chi connectivity index (χ0n) is 11.5. The molecule has 0 saturated carbocycles. The number of anilines is 1. The minimum absolute atomic E-state index is 0.0888. The largest absolute Gasteiger partial charge is 0.381 e. The number of nitrogens with one attached hydrogen (secondary N) is 1. The van der Waals surface area contributed by atoms with E-state index in [4.69, 9.17) is 4.74 Å². The highest BCUT2D eigenvalue weighted by atomic mass is 32.2. The van der Waals surface area contributed by atoms with E-state index in [1.807, 2.05) is 18.2 Å². The lowest BCUT2D eigenvalue weighted by Gasteiger charge is -2.22. The van der Waals surface area contributed by atoms with Gasteiger partial charge in [0.1, 0.15) is 0 Å². The van der Waals surface area contributed by atoms with Gasteiger partial charge in [-0.3, -0.25) is 4.79 Å². The van der Waals surface area contributed by atoms with Gasteiger partial charge in [-0.2, -0.15) is 0 Å². The number of ether oxygens (including phenoxy) is 1. The monoisotopic (exact) mass is 279 g/mol. The molecule has 0 unspecified atom stereocenters. The molecule has 1 N–H and O–H groups in total. The average molecular weight is 279 g/mol. The first-order chi connectivity index (χ1) is 9.16. The van der Waals surface area contributed by atoms with Crippen LogP contribution in [0, 0.1) is 5.92 Å². The first kappa shape index (κ1) is 14.4. The van der Waals surface area contributed by atoms with Gasteiger partial charge in [0.25, 0.3) is 0 Å². The molecule has 1 heterocycles. The summed E-state index contributed by atoms with van der Waals surface area (Å²) < 4.78 is 5.29. The van der Waals surface area contributed by atoms with Gasteiger partial charge in [0, 0.05) is 29.3 Å². The summed E-state index contributed by atoms with van der Waals surface area (Å²) in [5.74, 6) is 0.214. The van der Waals surface area contributed by atoms with Crippen LogP contribution in [0.25, 0.3) is 0 Å². The average Bonchev–Trinajstić information content (AvgIpc) is 2.41. The van der Waals surface area contributed by atoms with Crippen molar-refractivity contribution in [3.05, 3.63) is 24.3 Å². The van der Waals surface area contributed by atoms with Crippen LogP contribution in [0.15, 0.2) is 29.2 Å². The standard InChI is InChI=1S/C15H21NO2S/c1-11(2)19-14-6-4-3-5-13(14)16-15(17)12-7-9-18-10-8-12/h3-6,11-12H,7-10H2,1-2H3,(H,16,17). The second-order valence-electron chi connectivity index (χ2n) is 5.04. The van der Waals surface area contributed by atoms with Crippen LogP contribution < -0.4 is 5.32 Å². The van der Waals surface area contributed by atoms with Crippen LogP contribution in [0.1, 0.15) is 26.7 Å². The van der Waals surface area contributed by atoms with Crippen molar-refractivity contribution in [3.8, 4) is 0 Å². The fourth-order valence-electron chi connectivity index (χ4n) is 2.12. The summed E-state index contributed by atoms with van der Waals surface area (Å²) in [6.45, 7) is 5.70. The van der Waals surface area contributed by atoms with Gasteiger partial charge in [-0.15, -0.1) is 11.8 Å². The Hall–Kier alpha value is -1.00. The Morgan fingerprint density at radius 3 is 2.68 bits per heavy atom. The van der Waals surface area contributed by atoms with E-state index in [9.17, 15) is 4.79 Å². The van der Waals surface area contributed by atoms with E-state index < -0.39 is 0 Å². The Morgan fingerprint density at radius 2 is 2.00 bits per heavy atom. The summed E-state index contributed by atoms with van der Waals surface area (Å²) in [4.78, 5) is 13.4. The zero-order chi connectivity index (χ0) is 13.7. The van der Waals surface area contributed by atoms with Crippen molar-refractivity contribution in [1.82, 2.24) is 0 Å². The summed E-state index contributed by atoms with van der Waals surface area (Å²) in [5.41, 5.74) is 0.928. The summed E-state index contributed by atoms with van der Waals surface area (Å²) in [5, 5.41) is 3.57. The molecule has 0 atom stereocenters. The fraction of sp³-hybridized carbons (Fsp3) is 0.533. The van der Waals surface area contributed by atoms with Gasteiger partial charge in [-0.1, -0.05) is 26.0 Å².